The number of anilines is 1. The number of hydrogen-bond donors (Lipinski definition) is 2. The Morgan fingerprint density at radius 1 is 1.52 bits per heavy atom. The highest BCUT2D eigenvalue weighted by atomic mass is 79.9. The lowest BCUT2D eigenvalue weighted by molar-refractivity contribution is -0.384. The van der Waals surface area contributed by atoms with E-state index in [1.807, 2.05) is 13.8 Å². The molecule has 1 unspecified atom stereocenters. The molecule has 1 aromatic rings. The van der Waals surface area contributed by atoms with Crippen LogP contribution in [0, 0.1) is 21.4 Å². The number of nitro groups is 1. The molecule has 0 spiro atoms. The van der Waals surface area contributed by atoms with Crippen LogP contribution < -0.4 is 10.6 Å². The summed E-state index contributed by atoms with van der Waals surface area (Å²) in [5.74, 6) is 0.0914. The quantitative estimate of drug-likeness (QED) is 0.642. The van der Waals surface area contributed by atoms with Crippen molar-refractivity contribution in [2.24, 2.45) is 11.3 Å². The van der Waals surface area contributed by atoms with Gasteiger partial charge in [-0.3, -0.25) is 14.9 Å². The second-order valence-electron chi connectivity index (χ2n) is 5.61. The summed E-state index contributed by atoms with van der Waals surface area (Å²) in [6.45, 7) is 5.48. The third kappa shape index (κ3) is 3.08. The van der Waals surface area contributed by atoms with Crippen molar-refractivity contribution in [3.63, 3.8) is 0 Å². The third-order valence-electron chi connectivity index (χ3n) is 4.15. The summed E-state index contributed by atoms with van der Waals surface area (Å²) in [5, 5.41) is 16.9. The Balaban J connectivity index is 2.26. The maximum atomic E-state index is 12.7. The van der Waals surface area contributed by atoms with E-state index < -0.39 is 10.3 Å². The van der Waals surface area contributed by atoms with Crippen LogP contribution in [0.15, 0.2) is 22.7 Å². The molecule has 21 heavy (non-hydrogen) atoms. The predicted molar refractivity (Wildman–Crippen MR) is 84.2 cm³/mol. The highest BCUT2D eigenvalue weighted by molar-refractivity contribution is 9.10. The molecule has 1 heterocycles. The molecule has 2 N–H and O–H groups in total. The molecule has 114 valence electrons. The molecule has 1 aliphatic heterocycles. The van der Waals surface area contributed by atoms with Crippen LogP contribution in [0.1, 0.15) is 20.3 Å². The van der Waals surface area contributed by atoms with Crippen LogP contribution in [-0.2, 0) is 4.79 Å². The van der Waals surface area contributed by atoms with Gasteiger partial charge in [0.25, 0.3) is 5.69 Å². The van der Waals surface area contributed by atoms with E-state index in [4.69, 9.17) is 0 Å². The fourth-order valence-electron chi connectivity index (χ4n) is 2.63. The van der Waals surface area contributed by atoms with E-state index in [2.05, 4.69) is 26.6 Å². The Labute approximate surface area is 131 Å². The molecule has 1 aromatic carbocycles. The van der Waals surface area contributed by atoms with E-state index in [1.165, 1.54) is 12.1 Å². The average molecular weight is 356 g/mol. The molecular formula is C14H18BrN3O3. The number of nitrogens with zero attached hydrogens (tertiary/aromatic N) is 1. The fraction of sp³-hybridized carbons (Fsp3) is 0.500. The normalized spacial score (nSPS) is 21.5. The first kappa shape index (κ1) is 15.9. The van der Waals surface area contributed by atoms with E-state index in [-0.39, 0.29) is 17.5 Å². The van der Waals surface area contributed by atoms with Gasteiger partial charge >= 0.3 is 0 Å². The largest absolute Gasteiger partial charge is 0.324 e. The standard InChI is InChI=1S/C14H18BrN3O3/c1-9(2)14(5-6-16-8-14)13(19)17-12-7-10(18(20)21)3-4-11(12)15/h3-4,7,9,16H,5-6,8H2,1-2H3,(H,17,19). The average Bonchev–Trinajstić information content (AvgIpc) is 2.91. The van der Waals surface area contributed by atoms with Crippen LogP contribution in [0.4, 0.5) is 11.4 Å². The summed E-state index contributed by atoms with van der Waals surface area (Å²) in [7, 11) is 0. The van der Waals surface area contributed by atoms with Crippen molar-refractivity contribution in [1.82, 2.24) is 5.32 Å². The molecule has 6 nitrogen and oxygen atoms in total. The van der Waals surface area contributed by atoms with Crippen molar-refractivity contribution >= 4 is 33.2 Å². The maximum Gasteiger partial charge on any atom is 0.271 e. The van der Waals surface area contributed by atoms with Crippen LogP contribution in [-0.4, -0.2) is 23.9 Å². The SMILES string of the molecule is CC(C)C1(C(=O)Nc2cc([N+](=O)[O-])ccc2Br)CCNC1. The number of carbonyl (C=O) groups is 1. The van der Waals surface area contributed by atoms with Crippen molar-refractivity contribution in [2.75, 3.05) is 18.4 Å². The van der Waals surface area contributed by atoms with Gasteiger partial charge in [-0.1, -0.05) is 13.8 Å². The number of nitro benzene ring substituents is 1. The minimum atomic E-state index is -0.475. The van der Waals surface area contributed by atoms with Crippen molar-refractivity contribution in [2.45, 2.75) is 20.3 Å². The summed E-state index contributed by atoms with van der Waals surface area (Å²) in [4.78, 5) is 23.0. The van der Waals surface area contributed by atoms with Gasteiger partial charge in [0, 0.05) is 23.2 Å². The topological polar surface area (TPSA) is 84.3 Å². The van der Waals surface area contributed by atoms with E-state index in [0.717, 1.165) is 13.0 Å². The Kier molecular flexibility index (Phi) is 4.63. The summed E-state index contributed by atoms with van der Waals surface area (Å²) in [5.41, 5.74) is -0.0814. The van der Waals surface area contributed by atoms with Gasteiger partial charge in [0.2, 0.25) is 5.91 Å². The summed E-state index contributed by atoms with van der Waals surface area (Å²) < 4.78 is 0.631. The first-order chi connectivity index (χ1) is 9.86. The third-order valence-corrected chi connectivity index (χ3v) is 4.85. The zero-order valence-electron chi connectivity index (χ0n) is 12.0. The number of hydrogen-bond acceptors (Lipinski definition) is 4. The van der Waals surface area contributed by atoms with Crippen molar-refractivity contribution in [3.8, 4) is 0 Å². The number of benzene rings is 1. The molecule has 1 fully saturated rings. The molecule has 0 aliphatic carbocycles. The van der Waals surface area contributed by atoms with Crippen molar-refractivity contribution < 1.29 is 9.72 Å². The first-order valence-corrected chi connectivity index (χ1v) is 7.62. The molecule has 0 aromatic heterocycles. The zero-order chi connectivity index (χ0) is 15.6. The monoisotopic (exact) mass is 355 g/mol. The lowest BCUT2D eigenvalue weighted by atomic mass is 9.75. The van der Waals surface area contributed by atoms with E-state index in [0.29, 0.717) is 16.7 Å². The number of amides is 1. The lowest BCUT2D eigenvalue weighted by Gasteiger charge is -2.31. The second-order valence-corrected chi connectivity index (χ2v) is 6.47. The molecule has 0 saturated carbocycles. The van der Waals surface area contributed by atoms with Gasteiger partial charge < -0.3 is 10.6 Å². The minimum absolute atomic E-state index is 0.0448. The molecule has 1 saturated heterocycles. The highest BCUT2D eigenvalue weighted by Gasteiger charge is 2.44. The van der Waals surface area contributed by atoms with Gasteiger partial charge in [-0.25, -0.2) is 0 Å². The summed E-state index contributed by atoms with van der Waals surface area (Å²) in [6.07, 6.45) is 0.767. The molecule has 0 bridgehead atoms. The van der Waals surface area contributed by atoms with Gasteiger partial charge in [-0.05, 0) is 40.9 Å². The fourth-order valence-corrected chi connectivity index (χ4v) is 2.98. The summed E-state index contributed by atoms with van der Waals surface area (Å²) in [6, 6.07) is 4.34. The molecule has 0 radical (unpaired) electrons. The number of nitrogens with one attached hydrogen (secondary N) is 2. The first-order valence-electron chi connectivity index (χ1n) is 6.83. The predicted octanol–water partition coefficient (Wildman–Crippen LogP) is 2.93. The van der Waals surface area contributed by atoms with Crippen LogP contribution in [0.3, 0.4) is 0 Å². The van der Waals surface area contributed by atoms with E-state index in [9.17, 15) is 14.9 Å². The molecule has 1 amide bonds. The lowest BCUT2D eigenvalue weighted by Crippen LogP contribution is -2.42. The molecule has 1 atom stereocenters. The number of non-ortho nitro benzene ring substituents is 1. The summed E-state index contributed by atoms with van der Waals surface area (Å²) >= 11 is 3.32. The number of halogens is 1. The van der Waals surface area contributed by atoms with E-state index >= 15 is 0 Å². The van der Waals surface area contributed by atoms with Gasteiger partial charge in [0.1, 0.15) is 0 Å². The number of rotatable bonds is 4. The molecule has 2 rings (SSSR count). The Hall–Kier alpha value is -1.47. The van der Waals surface area contributed by atoms with Gasteiger partial charge in [0.15, 0.2) is 0 Å². The van der Waals surface area contributed by atoms with Crippen LogP contribution in [0.25, 0.3) is 0 Å². The van der Waals surface area contributed by atoms with Crippen molar-refractivity contribution in [1.29, 1.82) is 0 Å². The smallest absolute Gasteiger partial charge is 0.271 e. The van der Waals surface area contributed by atoms with Gasteiger partial charge in [-0.15, -0.1) is 0 Å². The van der Waals surface area contributed by atoms with Crippen LogP contribution >= 0.6 is 15.9 Å². The van der Waals surface area contributed by atoms with Gasteiger partial charge in [0.05, 0.1) is 16.0 Å². The van der Waals surface area contributed by atoms with Crippen LogP contribution in [0.5, 0.6) is 0 Å². The number of carbonyl (C=O) groups excluding carboxylic acids is 1. The van der Waals surface area contributed by atoms with Crippen molar-refractivity contribution in [3.05, 3.63) is 32.8 Å². The van der Waals surface area contributed by atoms with Crippen LogP contribution in [0.2, 0.25) is 0 Å². The second kappa shape index (κ2) is 6.11. The molecule has 7 heteroatoms. The molecule has 1 aliphatic rings. The highest BCUT2D eigenvalue weighted by Crippen LogP contribution is 2.36. The Bertz CT molecular complexity index is 569. The minimum Gasteiger partial charge on any atom is -0.324 e. The maximum absolute atomic E-state index is 12.7. The Morgan fingerprint density at radius 2 is 2.24 bits per heavy atom. The molecular weight excluding hydrogens is 338 g/mol. The van der Waals surface area contributed by atoms with E-state index in [1.54, 1.807) is 6.07 Å². The van der Waals surface area contributed by atoms with Gasteiger partial charge in [-0.2, -0.15) is 0 Å². The Morgan fingerprint density at radius 3 is 2.76 bits per heavy atom. The zero-order valence-corrected chi connectivity index (χ0v) is 13.6.